The van der Waals surface area contributed by atoms with Crippen LogP contribution in [-0.4, -0.2) is 26.6 Å². The standard InChI is InChI=1S/C15H12N4O2S2/c20-12-8-11(10-4-2-1-3-5-10)17-15(18-12)23-9-13(21)19-14-16-6-7-22-14/h1-8H,9H2,(H,16,19,21)(H,17,18,20). The van der Waals surface area contributed by atoms with E-state index in [0.717, 1.165) is 5.56 Å². The molecule has 116 valence electrons. The number of nitrogens with one attached hydrogen (secondary N) is 2. The van der Waals surface area contributed by atoms with Crippen LogP contribution in [0.4, 0.5) is 5.13 Å². The maximum absolute atomic E-state index is 11.8. The fraction of sp³-hybridized carbons (Fsp3) is 0.0667. The molecule has 0 atom stereocenters. The summed E-state index contributed by atoms with van der Waals surface area (Å²) >= 11 is 2.52. The quantitative estimate of drug-likeness (QED) is 0.549. The van der Waals surface area contributed by atoms with Crippen LogP contribution in [0.5, 0.6) is 0 Å². The lowest BCUT2D eigenvalue weighted by atomic mass is 10.1. The maximum Gasteiger partial charge on any atom is 0.252 e. The van der Waals surface area contributed by atoms with Gasteiger partial charge in [-0.2, -0.15) is 0 Å². The maximum atomic E-state index is 11.8. The highest BCUT2D eigenvalue weighted by molar-refractivity contribution is 7.99. The van der Waals surface area contributed by atoms with Gasteiger partial charge in [0.25, 0.3) is 5.56 Å². The Kier molecular flexibility index (Phi) is 4.84. The second-order valence-electron chi connectivity index (χ2n) is 4.48. The van der Waals surface area contributed by atoms with Crippen LogP contribution in [0.15, 0.2) is 57.9 Å². The summed E-state index contributed by atoms with van der Waals surface area (Å²) in [5, 5.41) is 5.42. The van der Waals surface area contributed by atoms with Crippen molar-refractivity contribution in [2.45, 2.75) is 5.16 Å². The number of anilines is 1. The van der Waals surface area contributed by atoms with E-state index in [9.17, 15) is 9.59 Å². The molecule has 3 aromatic rings. The monoisotopic (exact) mass is 344 g/mol. The molecule has 1 amide bonds. The van der Waals surface area contributed by atoms with Crippen molar-refractivity contribution in [2.24, 2.45) is 0 Å². The van der Waals surface area contributed by atoms with E-state index < -0.39 is 0 Å². The molecule has 2 N–H and O–H groups in total. The SMILES string of the molecule is O=C(CSc1nc(-c2ccccc2)cc(=O)[nH]1)Nc1nccs1. The van der Waals surface area contributed by atoms with Crippen molar-refractivity contribution < 1.29 is 4.79 Å². The minimum Gasteiger partial charge on any atom is -0.301 e. The van der Waals surface area contributed by atoms with E-state index in [-0.39, 0.29) is 17.2 Å². The molecule has 0 saturated carbocycles. The van der Waals surface area contributed by atoms with Crippen molar-refractivity contribution in [1.29, 1.82) is 0 Å². The van der Waals surface area contributed by atoms with E-state index in [1.807, 2.05) is 30.3 Å². The Morgan fingerprint density at radius 3 is 2.87 bits per heavy atom. The van der Waals surface area contributed by atoms with Crippen molar-refractivity contribution in [3.63, 3.8) is 0 Å². The second kappa shape index (κ2) is 7.21. The third-order valence-electron chi connectivity index (χ3n) is 2.81. The number of H-pyrrole nitrogens is 1. The largest absolute Gasteiger partial charge is 0.301 e. The van der Waals surface area contributed by atoms with Crippen LogP contribution in [0.1, 0.15) is 0 Å². The van der Waals surface area contributed by atoms with Crippen LogP contribution in [0.25, 0.3) is 11.3 Å². The Morgan fingerprint density at radius 1 is 1.30 bits per heavy atom. The number of rotatable bonds is 5. The molecule has 0 spiro atoms. The predicted molar refractivity (Wildman–Crippen MR) is 91.8 cm³/mol. The molecule has 0 radical (unpaired) electrons. The van der Waals surface area contributed by atoms with E-state index >= 15 is 0 Å². The zero-order chi connectivity index (χ0) is 16.1. The Balaban J connectivity index is 1.70. The molecule has 0 unspecified atom stereocenters. The molecule has 23 heavy (non-hydrogen) atoms. The molecule has 1 aromatic carbocycles. The lowest BCUT2D eigenvalue weighted by molar-refractivity contribution is -0.113. The number of thiazole rings is 1. The highest BCUT2D eigenvalue weighted by Crippen LogP contribution is 2.19. The number of aromatic amines is 1. The summed E-state index contributed by atoms with van der Waals surface area (Å²) in [6, 6.07) is 10.9. The van der Waals surface area contributed by atoms with Crippen LogP contribution in [0.3, 0.4) is 0 Å². The summed E-state index contributed by atoms with van der Waals surface area (Å²) in [5.41, 5.74) is 1.19. The summed E-state index contributed by atoms with van der Waals surface area (Å²) in [6.45, 7) is 0. The lowest BCUT2D eigenvalue weighted by Gasteiger charge is -2.04. The molecule has 0 saturated heterocycles. The predicted octanol–water partition coefficient (Wildman–Crippen LogP) is 2.62. The Bertz CT molecular complexity index is 847. The number of hydrogen-bond donors (Lipinski definition) is 2. The number of amides is 1. The molecule has 0 aliphatic heterocycles. The van der Waals surface area contributed by atoms with Crippen molar-refractivity contribution in [1.82, 2.24) is 15.0 Å². The van der Waals surface area contributed by atoms with E-state index in [1.165, 1.54) is 29.2 Å². The number of thioether (sulfide) groups is 1. The molecule has 0 bridgehead atoms. The van der Waals surface area contributed by atoms with Gasteiger partial charge < -0.3 is 10.3 Å². The van der Waals surface area contributed by atoms with Crippen LogP contribution >= 0.6 is 23.1 Å². The zero-order valence-electron chi connectivity index (χ0n) is 11.9. The summed E-state index contributed by atoms with van der Waals surface area (Å²) in [6.07, 6.45) is 1.62. The third kappa shape index (κ3) is 4.27. The summed E-state index contributed by atoms with van der Waals surface area (Å²) in [5.74, 6) is -0.0569. The Labute approximate surface area is 140 Å². The number of benzene rings is 1. The van der Waals surface area contributed by atoms with Crippen LogP contribution in [-0.2, 0) is 4.79 Å². The summed E-state index contributed by atoms with van der Waals surface area (Å²) in [7, 11) is 0. The molecular formula is C15H12N4O2S2. The first-order chi connectivity index (χ1) is 11.2. The van der Waals surface area contributed by atoms with Gasteiger partial charge in [0.1, 0.15) is 0 Å². The van der Waals surface area contributed by atoms with Gasteiger partial charge in [-0.15, -0.1) is 11.3 Å². The third-order valence-corrected chi connectivity index (χ3v) is 4.37. The van der Waals surface area contributed by atoms with Crippen LogP contribution < -0.4 is 10.9 Å². The van der Waals surface area contributed by atoms with Gasteiger partial charge in [-0.25, -0.2) is 9.97 Å². The number of aromatic nitrogens is 3. The fourth-order valence-corrected chi connectivity index (χ4v) is 3.06. The zero-order valence-corrected chi connectivity index (χ0v) is 13.5. The summed E-state index contributed by atoms with van der Waals surface area (Å²) < 4.78 is 0. The average Bonchev–Trinajstić information content (AvgIpc) is 3.06. The van der Waals surface area contributed by atoms with Gasteiger partial charge in [-0.05, 0) is 0 Å². The first kappa shape index (κ1) is 15.4. The van der Waals surface area contributed by atoms with E-state index in [2.05, 4.69) is 20.3 Å². The van der Waals surface area contributed by atoms with Crippen molar-refractivity contribution in [2.75, 3.05) is 11.1 Å². The topological polar surface area (TPSA) is 87.7 Å². The number of hydrogen-bond acceptors (Lipinski definition) is 6. The number of nitrogens with zero attached hydrogens (tertiary/aromatic N) is 2. The number of carbonyl (C=O) groups excluding carboxylic acids is 1. The molecular weight excluding hydrogens is 332 g/mol. The molecule has 3 rings (SSSR count). The lowest BCUT2D eigenvalue weighted by Crippen LogP contribution is -2.15. The van der Waals surface area contributed by atoms with Crippen LogP contribution in [0.2, 0.25) is 0 Å². The molecule has 0 fully saturated rings. The Hall–Kier alpha value is -2.45. The molecule has 6 nitrogen and oxygen atoms in total. The van der Waals surface area contributed by atoms with E-state index in [4.69, 9.17) is 0 Å². The van der Waals surface area contributed by atoms with Gasteiger partial charge in [0, 0.05) is 23.2 Å². The smallest absolute Gasteiger partial charge is 0.252 e. The minimum atomic E-state index is -0.248. The van der Waals surface area contributed by atoms with Crippen molar-refractivity contribution in [3.8, 4) is 11.3 Å². The highest BCUT2D eigenvalue weighted by Gasteiger charge is 2.08. The van der Waals surface area contributed by atoms with Gasteiger partial charge >= 0.3 is 0 Å². The first-order valence-corrected chi connectivity index (χ1v) is 8.56. The minimum absolute atomic E-state index is 0.140. The number of carbonyl (C=O) groups is 1. The van der Waals surface area contributed by atoms with Gasteiger partial charge in [0.05, 0.1) is 11.4 Å². The summed E-state index contributed by atoms with van der Waals surface area (Å²) in [4.78, 5) is 34.6. The second-order valence-corrected chi connectivity index (χ2v) is 6.33. The fourth-order valence-electron chi connectivity index (χ4n) is 1.83. The highest BCUT2D eigenvalue weighted by atomic mass is 32.2. The molecule has 2 heterocycles. The van der Waals surface area contributed by atoms with Crippen molar-refractivity contribution >= 4 is 34.1 Å². The average molecular weight is 344 g/mol. The van der Waals surface area contributed by atoms with E-state index in [1.54, 1.807) is 11.6 Å². The van der Waals surface area contributed by atoms with Gasteiger partial charge in [-0.1, -0.05) is 42.1 Å². The van der Waals surface area contributed by atoms with Gasteiger partial charge in [-0.3, -0.25) is 9.59 Å². The first-order valence-electron chi connectivity index (χ1n) is 6.69. The Morgan fingerprint density at radius 2 is 2.13 bits per heavy atom. The van der Waals surface area contributed by atoms with Gasteiger partial charge in [0.15, 0.2) is 10.3 Å². The van der Waals surface area contributed by atoms with Gasteiger partial charge in [0.2, 0.25) is 5.91 Å². The molecule has 0 aliphatic carbocycles. The van der Waals surface area contributed by atoms with E-state index in [0.29, 0.717) is 16.0 Å². The molecule has 0 aliphatic rings. The van der Waals surface area contributed by atoms with Crippen LogP contribution in [0, 0.1) is 0 Å². The molecule has 2 aromatic heterocycles. The van der Waals surface area contributed by atoms with Crippen molar-refractivity contribution in [3.05, 3.63) is 58.3 Å². The molecule has 8 heteroatoms. The normalized spacial score (nSPS) is 10.4.